The van der Waals surface area contributed by atoms with Gasteiger partial charge in [-0.3, -0.25) is 4.79 Å². The third kappa shape index (κ3) is 3.40. The Morgan fingerprint density at radius 2 is 2.36 bits per heavy atom. The lowest BCUT2D eigenvalue weighted by Gasteiger charge is -2.32. The third-order valence-electron chi connectivity index (χ3n) is 5.33. The van der Waals surface area contributed by atoms with E-state index in [0.717, 1.165) is 25.7 Å². The second kappa shape index (κ2) is 7.12. The fourth-order valence-corrected chi connectivity index (χ4v) is 4.11. The number of halogens is 1. The van der Waals surface area contributed by atoms with Gasteiger partial charge in [0.1, 0.15) is 12.2 Å². The summed E-state index contributed by atoms with van der Waals surface area (Å²) in [4.78, 5) is 18.7. The van der Waals surface area contributed by atoms with Crippen molar-refractivity contribution in [2.45, 2.75) is 50.4 Å². The van der Waals surface area contributed by atoms with Crippen LogP contribution in [0, 0.1) is 11.7 Å². The third-order valence-corrected chi connectivity index (χ3v) is 5.33. The molecule has 1 amide bonds. The van der Waals surface area contributed by atoms with Crippen LogP contribution in [0.2, 0.25) is 0 Å². The lowest BCUT2D eigenvalue weighted by molar-refractivity contribution is -0.135. The molecule has 1 aliphatic carbocycles. The zero-order valence-corrected chi connectivity index (χ0v) is 14.1. The van der Waals surface area contributed by atoms with E-state index in [2.05, 4.69) is 17.1 Å². The molecule has 3 heterocycles. The van der Waals surface area contributed by atoms with Gasteiger partial charge in [-0.05, 0) is 43.7 Å². The zero-order chi connectivity index (χ0) is 17.2. The molecule has 2 fully saturated rings. The van der Waals surface area contributed by atoms with Crippen molar-refractivity contribution in [1.29, 1.82) is 0 Å². The fourth-order valence-electron chi connectivity index (χ4n) is 4.11. The molecule has 0 radical (unpaired) electrons. The standard InChI is InChI=1S/C19H23FN2O3/c20-14-7-3-9-21-19(14)25-16-12-22(15-8-4-10-24-18(15)16)17(23)11-13-5-1-2-6-13/h1,3,5,7,9,13,15-16,18H,2,4,6,8,10-12H2/t13-,15-,16+,18+/m1/s1. The maximum absolute atomic E-state index is 13.9. The highest BCUT2D eigenvalue weighted by Gasteiger charge is 2.47. The van der Waals surface area contributed by atoms with Gasteiger partial charge in [-0.15, -0.1) is 0 Å². The summed E-state index contributed by atoms with van der Waals surface area (Å²) in [5.41, 5.74) is 0. The summed E-state index contributed by atoms with van der Waals surface area (Å²) in [5, 5.41) is 0. The van der Waals surface area contributed by atoms with E-state index in [0.29, 0.717) is 25.5 Å². The van der Waals surface area contributed by atoms with Crippen LogP contribution in [-0.2, 0) is 9.53 Å². The number of carbonyl (C=O) groups is 1. The first-order valence-corrected chi connectivity index (χ1v) is 9.07. The highest BCUT2D eigenvalue weighted by atomic mass is 19.1. The number of pyridine rings is 1. The fraction of sp³-hybridized carbons (Fsp3) is 0.579. The molecule has 134 valence electrons. The normalized spacial score (nSPS) is 31.2. The number of fused-ring (bicyclic) bond motifs is 1. The van der Waals surface area contributed by atoms with Gasteiger partial charge in [0.15, 0.2) is 5.82 Å². The zero-order valence-electron chi connectivity index (χ0n) is 14.1. The number of nitrogens with zero attached hydrogens (tertiary/aromatic N) is 2. The molecule has 25 heavy (non-hydrogen) atoms. The summed E-state index contributed by atoms with van der Waals surface area (Å²) in [7, 11) is 0. The molecule has 0 spiro atoms. The molecule has 6 heteroatoms. The Morgan fingerprint density at radius 3 is 3.16 bits per heavy atom. The maximum atomic E-state index is 13.9. The van der Waals surface area contributed by atoms with E-state index in [1.165, 1.54) is 18.3 Å². The number of amides is 1. The van der Waals surface area contributed by atoms with Crippen LogP contribution in [0.25, 0.3) is 0 Å². The Labute approximate surface area is 146 Å². The number of aromatic nitrogens is 1. The number of hydrogen-bond donors (Lipinski definition) is 0. The molecule has 4 atom stereocenters. The molecule has 0 bridgehead atoms. The first-order valence-electron chi connectivity index (χ1n) is 9.07. The van der Waals surface area contributed by atoms with Crippen LogP contribution in [0.4, 0.5) is 4.39 Å². The highest BCUT2D eigenvalue weighted by molar-refractivity contribution is 5.77. The van der Waals surface area contributed by atoms with Crippen molar-refractivity contribution in [2.24, 2.45) is 5.92 Å². The maximum Gasteiger partial charge on any atom is 0.250 e. The summed E-state index contributed by atoms with van der Waals surface area (Å²) in [6, 6.07) is 2.87. The number of allylic oxidation sites excluding steroid dienone is 2. The van der Waals surface area contributed by atoms with Gasteiger partial charge in [-0.2, -0.15) is 0 Å². The second-order valence-electron chi connectivity index (χ2n) is 7.01. The number of likely N-dealkylation sites (tertiary alicyclic amines) is 1. The highest BCUT2D eigenvalue weighted by Crippen LogP contribution is 2.33. The Morgan fingerprint density at radius 1 is 1.44 bits per heavy atom. The van der Waals surface area contributed by atoms with Crippen molar-refractivity contribution < 1.29 is 18.7 Å². The summed E-state index contributed by atoms with van der Waals surface area (Å²) < 4.78 is 25.6. The number of hydrogen-bond acceptors (Lipinski definition) is 4. The van der Waals surface area contributed by atoms with Gasteiger partial charge in [0, 0.05) is 19.2 Å². The van der Waals surface area contributed by atoms with Crippen LogP contribution >= 0.6 is 0 Å². The van der Waals surface area contributed by atoms with E-state index < -0.39 is 5.82 Å². The monoisotopic (exact) mass is 346 g/mol. The number of rotatable bonds is 4. The smallest absolute Gasteiger partial charge is 0.250 e. The van der Waals surface area contributed by atoms with Crippen LogP contribution < -0.4 is 4.74 Å². The van der Waals surface area contributed by atoms with Crippen LogP contribution in [0.5, 0.6) is 5.88 Å². The summed E-state index contributed by atoms with van der Waals surface area (Å²) in [5.74, 6) is -0.0301. The van der Waals surface area contributed by atoms with Gasteiger partial charge >= 0.3 is 0 Å². The lowest BCUT2D eigenvalue weighted by Crippen LogP contribution is -2.44. The predicted octanol–water partition coefficient (Wildman–Crippen LogP) is 2.71. The summed E-state index contributed by atoms with van der Waals surface area (Å²) in [6.45, 7) is 1.08. The lowest BCUT2D eigenvalue weighted by atomic mass is 10.0. The van der Waals surface area contributed by atoms with Gasteiger partial charge in [0.05, 0.1) is 12.6 Å². The quantitative estimate of drug-likeness (QED) is 0.787. The molecular weight excluding hydrogens is 323 g/mol. The van der Waals surface area contributed by atoms with Crippen LogP contribution in [-0.4, -0.2) is 47.2 Å². The van der Waals surface area contributed by atoms with Crippen LogP contribution in [0.3, 0.4) is 0 Å². The SMILES string of the molecule is O=C(C[C@@H]1C=CCC1)N1C[C@H](Oc2ncccc2F)[C@H]2OCCC[C@H]21. The minimum Gasteiger partial charge on any atom is -0.468 e. The van der Waals surface area contributed by atoms with Crippen molar-refractivity contribution in [3.05, 3.63) is 36.3 Å². The average Bonchev–Trinajstić information content (AvgIpc) is 3.25. The van der Waals surface area contributed by atoms with Gasteiger partial charge in [0.25, 0.3) is 5.88 Å². The molecule has 2 saturated heterocycles. The Kier molecular flexibility index (Phi) is 4.70. The van der Waals surface area contributed by atoms with Gasteiger partial charge in [0.2, 0.25) is 5.91 Å². The first-order chi connectivity index (χ1) is 12.2. The van der Waals surface area contributed by atoms with E-state index in [1.807, 2.05) is 4.90 Å². The Bertz CT molecular complexity index is 666. The second-order valence-corrected chi connectivity index (χ2v) is 7.01. The van der Waals surface area contributed by atoms with E-state index >= 15 is 0 Å². The molecular formula is C19H23FN2O3. The van der Waals surface area contributed by atoms with Crippen molar-refractivity contribution in [3.8, 4) is 5.88 Å². The van der Waals surface area contributed by atoms with Crippen LogP contribution in [0.1, 0.15) is 32.1 Å². The molecule has 1 aromatic heterocycles. The van der Waals surface area contributed by atoms with Gasteiger partial charge in [-0.25, -0.2) is 9.37 Å². The Hall–Kier alpha value is -1.95. The van der Waals surface area contributed by atoms with E-state index in [1.54, 1.807) is 0 Å². The van der Waals surface area contributed by atoms with Crippen molar-refractivity contribution in [3.63, 3.8) is 0 Å². The number of carbonyl (C=O) groups excluding carboxylic acids is 1. The van der Waals surface area contributed by atoms with E-state index in [4.69, 9.17) is 9.47 Å². The topological polar surface area (TPSA) is 51.7 Å². The molecule has 0 saturated carbocycles. The molecule has 0 unspecified atom stereocenters. The predicted molar refractivity (Wildman–Crippen MR) is 89.6 cm³/mol. The summed E-state index contributed by atoms with van der Waals surface area (Å²) >= 11 is 0. The molecule has 5 nitrogen and oxygen atoms in total. The molecule has 4 rings (SSSR count). The minimum absolute atomic E-state index is 0.0170. The first kappa shape index (κ1) is 16.5. The molecule has 1 aromatic rings. The van der Waals surface area contributed by atoms with Crippen molar-refractivity contribution >= 4 is 5.91 Å². The molecule has 2 aliphatic heterocycles. The van der Waals surface area contributed by atoms with Gasteiger partial charge < -0.3 is 14.4 Å². The van der Waals surface area contributed by atoms with E-state index in [9.17, 15) is 9.18 Å². The average molecular weight is 346 g/mol. The minimum atomic E-state index is -0.490. The largest absolute Gasteiger partial charge is 0.468 e. The Balaban J connectivity index is 1.48. The van der Waals surface area contributed by atoms with Crippen molar-refractivity contribution in [1.82, 2.24) is 9.88 Å². The molecule has 3 aliphatic rings. The van der Waals surface area contributed by atoms with Gasteiger partial charge in [-0.1, -0.05) is 12.2 Å². The van der Waals surface area contributed by atoms with Crippen LogP contribution in [0.15, 0.2) is 30.5 Å². The van der Waals surface area contributed by atoms with E-state index in [-0.39, 0.29) is 30.0 Å². The summed E-state index contributed by atoms with van der Waals surface area (Å²) in [6.07, 6.45) is 9.66. The van der Waals surface area contributed by atoms with Crippen molar-refractivity contribution in [2.75, 3.05) is 13.2 Å². The molecule has 0 aromatic carbocycles. The number of ether oxygens (including phenoxy) is 2. The molecule has 0 N–H and O–H groups in total.